The molecule has 0 aliphatic carbocycles. The Labute approximate surface area is 123 Å². The summed E-state index contributed by atoms with van der Waals surface area (Å²) in [5, 5.41) is 11.9. The molecule has 2 aromatic rings. The van der Waals surface area contributed by atoms with Crippen molar-refractivity contribution in [2.24, 2.45) is 0 Å². The van der Waals surface area contributed by atoms with Gasteiger partial charge in [-0.25, -0.2) is 0 Å². The van der Waals surface area contributed by atoms with Crippen LogP contribution in [0.1, 0.15) is 15.9 Å². The number of ether oxygens (including phenoxy) is 2. The highest BCUT2D eigenvalue weighted by Gasteiger charge is 2.11. The lowest BCUT2D eigenvalue weighted by atomic mass is 10.1. The van der Waals surface area contributed by atoms with E-state index in [0.717, 1.165) is 5.56 Å². The summed E-state index contributed by atoms with van der Waals surface area (Å²) in [5.41, 5.74) is 1.82. The number of anilines is 1. The Morgan fingerprint density at radius 3 is 2.52 bits per heavy atom. The molecule has 0 heterocycles. The molecular weight excluding hydrogens is 270 g/mol. The molecule has 0 atom stereocenters. The predicted molar refractivity (Wildman–Crippen MR) is 79.9 cm³/mol. The van der Waals surface area contributed by atoms with Crippen LogP contribution in [0.25, 0.3) is 0 Å². The maximum absolute atomic E-state index is 12.2. The molecule has 0 unspecified atom stereocenters. The van der Waals surface area contributed by atoms with Crippen molar-refractivity contribution in [1.29, 1.82) is 0 Å². The first-order valence-electron chi connectivity index (χ1n) is 6.41. The van der Waals surface area contributed by atoms with Crippen molar-refractivity contribution in [3.05, 3.63) is 53.6 Å². The minimum absolute atomic E-state index is 0.0694. The summed E-state index contributed by atoms with van der Waals surface area (Å²) >= 11 is 0. The van der Waals surface area contributed by atoms with Gasteiger partial charge >= 0.3 is 0 Å². The number of carbonyl (C=O) groups is 1. The third-order valence-corrected chi connectivity index (χ3v) is 3.01. The summed E-state index contributed by atoms with van der Waals surface area (Å²) in [6.45, 7) is -0.0694. The Hall–Kier alpha value is -2.53. The molecule has 0 bridgehead atoms. The van der Waals surface area contributed by atoms with Gasteiger partial charge in [0.15, 0.2) is 11.5 Å². The van der Waals surface area contributed by atoms with E-state index in [2.05, 4.69) is 5.32 Å². The van der Waals surface area contributed by atoms with Crippen molar-refractivity contribution in [3.8, 4) is 11.5 Å². The second-order valence-electron chi connectivity index (χ2n) is 4.38. The number of aliphatic hydroxyl groups excluding tert-OH is 1. The Morgan fingerprint density at radius 2 is 1.86 bits per heavy atom. The largest absolute Gasteiger partial charge is 0.493 e. The monoisotopic (exact) mass is 287 g/mol. The minimum atomic E-state index is -0.258. The molecule has 0 saturated carbocycles. The number of hydrogen-bond donors (Lipinski definition) is 2. The van der Waals surface area contributed by atoms with Crippen molar-refractivity contribution in [1.82, 2.24) is 0 Å². The van der Waals surface area contributed by atoms with E-state index in [1.54, 1.807) is 42.5 Å². The van der Waals surface area contributed by atoms with Gasteiger partial charge in [0.05, 0.1) is 20.8 Å². The zero-order chi connectivity index (χ0) is 15.2. The SMILES string of the molecule is COc1ccc(C(=O)Nc2cccc(CO)c2)cc1OC. The number of nitrogens with one attached hydrogen (secondary N) is 1. The molecule has 5 heteroatoms. The standard InChI is InChI=1S/C16H17NO4/c1-20-14-7-6-12(9-15(14)21-2)16(19)17-13-5-3-4-11(8-13)10-18/h3-9,18H,10H2,1-2H3,(H,17,19). The second kappa shape index (κ2) is 6.76. The maximum Gasteiger partial charge on any atom is 0.255 e. The van der Waals surface area contributed by atoms with Crippen LogP contribution in [0.3, 0.4) is 0 Å². The fraction of sp³-hybridized carbons (Fsp3) is 0.188. The Morgan fingerprint density at radius 1 is 1.10 bits per heavy atom. The van der Waals surface area contributed by atoms with Crippen LogP contribution in [-0.4, -0.2) is 25.2 Å². The molecule has 2 rings (SSSR count). The number of aliphatic hydroxyl groups is 1. The van der Waals surface area contributed by atoms with Gasteiger partial charge in [-0.1, -0.05) is 12.1 Å². The van der Waals surface area contributed by atoms with E-state index in [-0.39, 0.29) is 12.5 Å². The van der Waals surface area contributed by atoms with Crippen LogP contribution in [0.15, 0.2) is 42.5 Å². The van der Waals surface area contributed by atoms with E-state index in [4.69, 9.17) is 14.6 Å². The Balaban J connectivity index is 2.19. The van der Waals surface area contributed by atoms with E-state index in [9.17, 15) is 4.79 Å². The van der Waals surface area contributed by atoms with Crippen LogP contribution in [0, 0.1) is 0 Å². The van der Waals surface area contributed by atoms with Gasteiger partial charge in [-0.05, 0) is 35.9 Å². The molecule has 2 aromatic carbocycles. The minimum Gasteiger partial charge on any atom is -0.493 e. The van der Waals surface area contributed by atoms with Crippen LogP contribution in [0.2, 0.25) is 0 Å². The molecular formula is C16H17NO4. The summed E-state index contributed by atoms with van der Waals surface area (Å²) in [6.07, 6.45) is 0. The lowest BCUT2D eigenvalue weighted by Gasteiger charge is -2.10. The molecule has 0 spiro atoms. The number of methoxy groups -OCH3 is 2. The Bertz CT molecular complexity index is 640. The predicted octanol–water partition coefficient (Wildman–Crippen LogP) is 2.45. The van der Waals surface area contributed by atoms with E-state index in [1.165, 1.54) is 14.2 Å². The highest BCUT2D eigenvalue weighted by atomic mass is 16.5. The molecule has 0 aliphatic heterocycles. The molecule has 2 N–H and O–H groups in total. The van der Waals surface area contributed by atoms with Gasteiger partial charge in [0.1, 0.15) is 0 Å². The molecule has 0 saturated heterocycles. The fourth-order valence-electron chi connectivity index (χ4n) is 1.93. The average Bonchev–Trinajstić information content (AvgIpc) is 2.54. The number of benzene rings is 2. The van der Waals surface area contributed by atoms with Gasteiger partial charge < -0.3 is 19.9 Å². The molecule has 0 aliphatic rings. The first-order valence-corrected chi connectivity index (χ1v) is 6.41. The van der Waals surface area contributed by atoms with Gasteiger partial charge in [-0.3, -0.25) is 4.79 Å². The van der Waals surface area contributed by atoms with Crippen molar-refractivity contribution >= 4 is 11.6 Å². The molecule has 0 fully saturated rings. The zero-order valence-electron chi connectivity index (χ0n) is 11.9. The van der Waals surface area contributed by atoms with E-state index in [0.29, 0.717) is 22.7 Å². The summed E-state index contributed by atoms with van der Waals surface area (Å²) in [6, 6.07) is 12.0. The van der Waals surface area contributed by atoms with Gasteiger partial charge in [0.25, 0.3) is 5.91 Å². The molecule has 0 radical (unpaired) electrons. The van der Waals surface area contributed by atoms with Crippen molar-refractivity contribution in [2.45, 2.75) is 6.61 Å². The second-order valence-corrected chi connectivity index (χ2v) is 4.38. The third-order valence-electron chi connectivity index (χ3n) is 3.01. The van der Waals surface area contributed by atoms with Crippen molar-refractivity contribution in [3.63, 3.8) is 0 Å². The number of rotatable bonds is 5. The number of hydrogen-bond acceptors (Lipinski definition) is 4. The average molecular weight is 287 g/mol. The smallest absolute Gasteiger partial charge is 0.255 e. The molecule has 0 aromatic heterocycles. The summed E-state index contributed by atoms with van der Waals surface area (Å²) in [7, 11) is 3.06. The molecule has 5 nitrogen and oxygen atoms in total. The first kappa shape index (κ1) is 14.9. The van der Waals surface area contributed by atoms with Crippen LogP contribution < -0.4 is 14.8 Å². The van der Waals surface area contributed by atoms with Gasteiger partial charge in [-0.2, -0.15) is 0 Å². The first-order chi connectivity index (χ1) is 10.2. The summed E-state index contributed by atoms with van der Waals surface area (Å²) < 4.78 is 10.3. The number of amides is 1. The van der Waals surface area contributed by atoms with E-state index in [1.807, 2.05) is 0 Å². The van der Waals surface area contributed by atoms with Crippen LogP contribution in [0.4, 0.5) is 5.69 Å². The topological polar surface area (TPSA) is 67.8 Å². The normalized spacial score (nSPS) is 10.0. The van der Waals surface area contributed by atoms with E-state index >= 15 is 0 Å². The highest BCUT2D eigenvalue weighted by Crippen LogP contribution is 2.27. The van der Waals surface area contributed by atoms with Crippen molar-refractivity contribution < 1.29 is 19.4 Å². The maximum atomic E-state index is 12.2. The van der Waals surface area contributed by atoms with Gasteiger partial charge in [-0.15, -0.1) is 0 Å². The van der Waals surface area contributed by atoms with Crippen LogP contribution in [0.5, 0.6) is 11.5 Å². The third kappa shape index (κ3) is 3.52. The molecule has 21 heavy (non-hydrogen) atoms. The van der Waals surface area contributed by atoms with Gasteiger partial charge in [0.2, 0.25) is 0 Å². The van der Waals surface area contributed by atoms with E-state index < -0.39 is 0 Å². The lowest BCUT2D eigenvalue weighted by Crippen LogP contribution is -2.12. The van der Waals surface area contributed by atoms with Crippen LogP contribution in [-0.2, 0) is 6.61 Å². The number of carbonyl (C=O) groups excluding carboxylic acids is 1. The highest BCUT2D eigenvalue weighted by molar-refractivity contribution is 6.04. The Kier molecular flexibility index (Phi) is 4.79. The summed E-state index contributed by atoms with van der Waals surface area (Å²) in [4.78, 5) is 12.2. The molecule has 110 valence electrons. The quantitative estimate of drug-likeness (QED) is 0.886. The fourth-order valence-corrected chi connectivity index (χ4v) is 1.93. The molecule has 1 amide bonds. The lowest BCUT2D eigenvalue weighted by molar-refractivity contribution is 0.102. The zero-order valence-corrected chi connectivity index (χ0v) is 11.9. The van der Waals surface area contributed by atoms with Crippen LogP contribution >= 0.6 is 0 Å². The summed E-state index contributed by atoms with van der Waals surface area (Å²) in [5.74, 6) is 0.802. The van der Waals surface area contributed by atoms with Crippen molar-refractivity contribution in [2.75, 3.05) is 19.5 Å². The van der Waals surface area contributed by atoms with Gasteiger partial charge in [0, 0.05) is 11.3 Å².